The SMILES string of the molecule is CCCc1cc2ccc(C(C(C)=O)C(=O)OC)cc2[nH]1. The highest BCUT2D eigenvalue weighted by Gasteiger charge is 2.26. The number of fused-ring (bicyclic) bond motifs is 1. The first-order chi connectivity index (χ1) is 9.56. The van der Waals surface area contributed by atoms with Crippen LogP contribution in [-0.2, 0) is 20.7 Å². The van der Waals surface area contributed by atoms with Crippen LogP contribution >= 0.6 is 0 Å². The number of rotatable bonds is 5. The van der Waals surface area contributed by atoms with Gasteiger partial charge in [0.25, 0.3) is 0 Å². The quantitative estimate of drug-likeness (QED) is 0.673. The highest BCUT2D eigenvalue weighted by Crippen LogP contribution is 2.24. The number of aryl methyl sites for hydroxylation is 1. The lowest BCUT2D eigenvalue weighted by molar-refractivity contribution is -0.145. The molecule has 0 fully saturated rings. The van der Waals surface area contributed by atoms with Crippen molar-refractivity contribution in [3.63, 3.8) is 0 Å². The first-order valence-electron chi connectivity index (χ1n) is 6.76. The average molecular weight is 273 g/mol. The zero-order valence-corrected chi connectivity index (χ0v) is 12.0. The number of esters is 1. The lowest BCUT2D eigenvalue weighted by Gasteiger charge is -2.11. The van der Waals surface area contributed by atoms with Crippen molar-refractivity contribution in [1.29, 1.82) is 0 Å². The number of carbonyl (C=O) groups is 2. The van der Waals surface area contributed by atoms with E-state index < -0.39 is 11.9 Å². The Labute approximate surface area is 118 Å². The molecule has 0 aliphatic rings. The summed E-state index contributed by atoms with van der Waals surface area (Å²) in [6, 6.07) is 7.70. The van der Waals surface area contributed by atoms with Crippen molar-refractivity contribution in [2.75, 3.05) is 7.11 Å². The Balaban J connectivity index is 2.43. The van der Waals surface area contributed by atoms with Crippen LogP contribution in [0, 0.1) is 0 Å². The van der Waals surface area contributed by atoms with Gasteiger partial charge in [0.2, 0.25) is 0 Å². The number of carbonyl (C=O) groups excluding carboxylic acids is 2. The Hall–Kier alpha value is -2.10. The third-order valence-corrected chi connectivity index (χ3v) is 3.40. The van der Waals surface area contributed by atoms with Crippen molar-refractivity contribution in [2.45, 2.75) is 32.6 Å². The summed E-state index contributed by atoms with van der Waals surface area (Å²) in [6.45, 7) is 3.53. The van der Waals surface area contributed by atoms with E-state index in [9.17, 15) is 9.59 Å². The molecule has 1 atom stereocenters. The molecule has 4 heteroatoms. The fourth-order valence-electron chi connectivity index (χ4n) is 2.44. The molecule has 1 unspecified atom stereocenters. The Morgan fingerprint density at radius 3 is 2.65 bits per heavy atom. The molecular weight excluding hydrogens is 254 g/mol. The first kappa shape index (κ1) is 14.3. The molecule has 0 radical (unpaired) electrons. The summed E-state index contributed by atoms with van der Waals surface area (Å²) in [7, 11) is 1.30. The molecule has 0 spiro atoms. The van der Waals surface area contributed by atoms with Crippen molar-refractivity contribution in [2.24, 2.45) is 0 Å². The molecule has 0 aliphatic carbocycles. The molecule has 2 rings (SSSR count). The third kappa shape index (κ3) is 2.74. The zero-order chi connectivity index (χ0) is 14.7. The van der Waals surface area contributed by atoms with Crippen molar-refractivity contribution in [3.05, 3.63) is 35.5 Å². The van der Waals surface area contributed by atoms with Crippen LogP contribution in [0.25, 0.3) is 10.9 Å². The van der Waals surface area contributed by atoms with Gasteiger partial charge in [-0.05, 0) is 36.4 Å². The van der Waals surface area contributed by atoms with Gasteiger partial charge in [0.15, 0.2) is 0 Å². The molecule has 1 heterocycles. The maximum absolute atomic E-state index is 11.7. The number of methoxy groups -OCH3 is 1. The molecule has 4 nitrogen and oxygen atoms in total. The van der Waals surface area contributed by atoms with E-state index in [0.29, 0.717) is 5.56 Å². The topological polar surface area (TPSA) is 59.2 Å². The number of Topliss-reactive ketones (excluding diaryl/α,β-unsaturated/α-hetero) is 1. The van der Waals surface area contributed by atoms with Gasteiger partial charge in [-0.1, -0.05) is 25.5 Å². The lowest BCUT2D eigenvalue weighted by atomic mass is 9.95. The number of benzene rings is 1. The maximum Gasteiger partial charge on any atom is 0.320 e. The van der Waals surface area contributed by atoms with Crippen molar-refractivity contribution < 1.29 is 14.3 Å². The van der Waals surface area contributed by atoms with Gasteiger partial charge < -0.3 is 9.72 Å². The summed E-state index contributed by atoms with van der Waals surface area (Å²) in [4.78, 5) is 26.7. The Morgan fingerprint density at radius 2 is 2.05 bits per heavy atom. The first-order valence-corrected chi connectivity index (χ1v) is 6.76. The summed E-state index contributed by atoms with van der Waals surface area (Å²) in [5.74, 6) is -1.57. The standard InChI is InChI=1S/C16H19NO3/c1-4-5-13-8-11-6-7-12(9-14(11)17-13)15(10(2)18)16(19)20-3/h6-9,15,17H,4-5H2,1-3H3. The number of nitrogens with one attached hydrogen (secondary N) is 1. The fourth-order valence-corrected chi connectivity index (χ4v) is 2.44. The van der Waals surface area contributed by atoms with Crippen LogP contribution in [0.15, 0.2) is 24.3 Å². The van der Waals surface area contributed by atoms with E-state index in [4.69, 9.17) is 4.74 Å². The Morgan fingerprint density at radius 1 is 1.30 bits per heavy atom. The van der Waals surface area contributed by atoms with Gasteiger partial charge in [0.1, 0.15) is 11.7 Å². The highest BCUT2D eigenvalue weighted by molar-refractivity contribution is 6.04. The predicted molar refractivity (Wildman–Crippen MR) is 77.7 cm³/mol. The number of H-pyrrole nitrogens is 1. The van der Waals surface area contributed by atoms with Gasteiger partial charge in [-0.2, -0.15) is 0 Å². The second kappa shape index (κ2) is 5.90. The second-order valence-corrected chi connectivity index (χ2v) is 4.96. The number of ketones is 1. The summed E-state index contributed by atoms with van der Waals surface area (Å²) in [6.07, 6.45) is 2.05. The Kier molecular flexibility index (Phi) is 4.23. The Bertz CT molecular complexity index is 642. The molecule has 0 aliphatic heterocycles. The van der Waals surface area contributed by atoms with E-state index in [-0.39, 0.29) is 5.78 Å². The van der Waals surface area contributed by atoms with E-state index in [1.807, 2.05) is 18.2 Å². The van der Waals surface area contributed by atoms with E-state index in [1.165, 1.54) is 14.0 Å². The molecular formula is C16H19NO3. The highest BCUT2D eigenvalue weighted by atomic mass is 16.5. The van der Waals surface area contributed by atoms with Crippen LogP contribution < -0.4 is 0 Å². The second-order valence-electron chi connectivity index (χ2n) is 4.96. The van der Waals surface area contributed by atoms with Gasteiger partial charge in [-0.3, -0.25) is 9.59 Å². The maximum atomic E-state index is 11.7. The number of aromatic amines is 1. The molecule has 0 amide bonds. The van der Waals surface area contributed by atoms with Gasteiger partial charge in [0.05, 0.1) is 7.11 Å². The van der Waals surface area contributed by atoms with Gasteiger partial charge in [-0.25, -0.2) is 0 Å². The van der Waals surface area contributed by atoms with Crippen LogP contribution in [0.3, 0.4) is 0 Å². The number of ether oxygens (including phenoxy) is 1. The van der Waals surface area contributed by atoms with Gasteiger partial charge in [-0.15, -0.1) is 0 Å². The molecule has 0 saturated carbocycles. The van der Waals surface area contributed by atoms with Crippen molar-refractivity contribution in [3.8, 4) is 0 Å². The average Bonchev–Trinajstić information content (AvgIpc) is 2.80. The van der Waals surface area contributed by atoms with Crippen LogP contribution in [0.1, 0.15) is 37.4 Å². The minimum absolute atomic E-state index is 0.212. The smallest absolute Gasteiger partial charge is 0.320 e. The normalized spacial score (nSPS) is 12.3. The predicted octanol–water partition coefficient (Wildman–Crippen LogP) is 2.97. The molecule has 20 heavy (non-hydrogen) atoms. The molecule has 106 valence electrons. The van der Waals surface area contributed by atoms with Crippen LogP contribution in [0.4, 0.5) is 0 Å². The summed E-state index contributed by atoms with van der Waals surface area (Å²) in [5, 5.41) is 1.09. The van der Waals surface area contributed by atoms with Gasteiger partial charge >= 0.3 is 5.97 Å². The van der Waals surface area contributed by atoms with Gasteiger partial charge in [0, 0.05) is 11.2 Å². The van der Waals surface area contributed by atoms with E-state index in [2.05, 4.69) is 18.0 Å². The van der Waals surface area contributed by atoms with E-state index >= 15 is 0 Å². The van der Waals surface area contributed by atoms with Crippen LogP contribution in [0.2, 0.25) is 0 Å². The molecule has 0 bridgehead atoms. The zero-order valence-electron chi connectivity index (χ0n) is 12.0. The van der Waals surface area contributed by atoms with E-state index in [1.54, 1.807) is 0 Å². The van der Waals surface area contributed by atoms with Crippen molar-refractivity contribution in [1.82, 2.24) is 4.98 Å². The minimum Gasteiger partial charge on any atom is -0.468 e. The largest absolute Gasteiger partial charge is 0.468 e. The molecule has 1 aromatic carbocycles. The summed E-state index contributed by atoms with van der Waals surface area (Å²) in [5.41, 5.74) is 2.78. The van der Waals surface area contributed by atoms with E-state index in [0.717, 1.165) is 29.4 Å². The van der Waals surface area contributed by atoms with Crippen LogP contribution in [0.5, 0.6) is 0 Å². The minimum atomic E-state index is -0.845. The molecule has 0 saturated heterocycles. The molecule has 1 N–H and O–H groups in total. The monoisotopic (exact) mass is 273 g/mol. The number of aromatic nitrogens is 1. The van der Waals surface area contributed by atoms with Crippen molar-refractivity contribution >= 4 is 22.7 Å². The summed E-state index contributed by atoms with van der Waals surface area (Å²) >= 11 is 0. The fraction of sp³-hybridized carbons (Fsp3) is 0.375. The lowest BCUT2D eigenvalue weighted by Crippen LogP contribution is -2.21. The molecule has 1 aromatic heterocycles. The summed E-state index contributed by atoms with van der Waals surface area (Å²) < 4.78 is 4.71. The third-order valence-electron chi connectivity index (χ3n) is 3.40. The number of hydrogen-bond donors (Lipinski definition) is 1. The molecule has 2 aromatic rings. The number of hydrogen-bond acceptors (Lipinski definition) is 3. The van der Waals surface area contributed by atoms with Crippen LogP contribution in [-0.4, -0.2) is 23.8 Å².